The van der Waals surface area contributed by atoms with Crippen LogP contribution in [-0.4, -0.2) is 24.3 Å². The topological polar surface area (TPSA) is 69.9 Å². The lowest BCUT2D eigenvalue weighted by Gasteiger charge is -2.25. The van der Waals surface area contributed by atoms with Crippen LogP contribution in [0.2, 0.25) is 5.02 Å². The predicted octanol–water partition coefficient (Wildman–Crippen LogP) is 3.46. The molecule has 8 heteroatoms. The Morgan fingerprint density at radius 2 is 1.94 bits per heavy atom. The lowest BCUT2D eigenvalue weighted by atomic mass is 9.96. The van der Waals surface area contributed by atoms with E-state index in [2.05, 4.69) is 4.99 Å². The molecule has 1 aromatic heterocycles. The average molecular weight is 469 g/mol. The first-order chi connectivity index (χ1) is 15.4. The van der Waals surface area contributed by atoms with Gasteiger partial charge in [-0.1, -0.05) is 53.3 Å². The first-order valence-corrected chi connectivity index (χ1v) is 11.2. The molecular formula is C24H21ClN2O4S. The molecule has 0 aliphatic carbocycles. The molecule has 0 amide bonds. The van der Waals surface area contributed by atoms with Crippen molar-refractivity contribution in [3.05, 3.63) is 95.6 Å². The van der Waals surface area contributed by atoms with E-state index in [0.29, 0.717) is 31.2 Å². The second-order valence-electron chi connectivity index (χ2n) is 7.10. The zero-order valence-electron chi connectivity index (χ0n) is 17.8. The second-order valence-corrected chi connectivity index (χ2v) is 8.51. The Hall–Kier alpha value is -3.16. The maximum Gasteiger partial charge on any atom is 0.338 e. The summed E-state index contributed by atoms with van der Waals surface area (Å²) in [5.74, 6) is 0.222. The molecule has 0 N–H and O–H groups in total. The normalized spacial score (nSPS) is 15.9. The number of ether oxygens (including phenoxy) is 2. The molecule has 1 unspecified atom stereocenters. The van der Waals surface area contributed by atoms with Gasteiger partial charge in [0.25, 0.3) is 5.56 Å². The maximum absolute atomic E-state index is 13.5. The zero-order valence-corrected chi connectivity index (χ0v) is 19.4. The molecule has 3 aromatic rings. The summed E-state index contributed by atoms with van der Waals surface area (Å²) in [5.41, 5.74) is 2.06. The van der Waals surface area contributed by atoms with Gasteiger partial charge < -0.3 is 9.47 Å². The van der Waals surface area contributed by atoms with Crippen molar-refractivity contribution in [3.8, 4) is 5.75 Å². The van der Waals surface area contributed by atoms with Crippen molar-refractivity contribution >= 4 is 35.0 Å². The molecule has 1 aliphatic rings. The highest BCUT2D eigenvalue weighted by atomic mass is 35.5. The number of carbonyl (C=O) groups is 1. The highest BCUT2D eigenvalue weighted by Crippen LogP contribution is 2.34. The largest absolute Gasteiger partial charge is 0.497 e. The number of hydrogen-bond acceptors (Lipinski definition) is 6. The van der Waals surface area contributed by atoms with Crippen molar-refractivity contribution in [1.82, 2.24) is 4.57 Å². The van der Waals surface area contributed by atoms with Gasteiger partial charge in [0.05, 0.1) is 29.5 Å². The van der Waals surface area contributed by atoms with Crippen LogP contribution in [-0.2, 0) is 9.53 Å². The van der Waals surface area contributed by atoms with Crippen LogP contribution in [0.25, 0.3) is 6.08 Å². The molecule has 0 fully saturated rings. The fourth-order valence-electron chi connectivity index (χ4n) is 3.63. The fraction of sp³-hybridized carbons (Fsp3) is 0.208. The van der Waals surface area contributed by atoms with Crippen LogP contribution < -0.4 is 19.6 Å². The van der Waals surface area contributed by atoms with Gasteiger partial charge in [-0.25, -0.2) is 9.79 Å². The third kappa shape index (κ3) is 4.01. The Morgan fingerprint density at radius 3 is 2.59 bits per heavy atom. The molecule has 32 heavy (non-hydrogen) atoms. The lowest BCUT2D eigenvalue weighted by Crippen LogP contribution is -2.40. The van der Waals surface area contributed by atoms with Crippen molar-refractivity contribution in [1.29, 1.82) is 0 Å². The Kier molecular flexibility index (Phi) is 6.30. The van der Waals surface area contributed by atoms with Crippen molar-refractivity contribution in [2.75, 3.05) is 13.7 Å². The number of thiazole rings is 1. The first kappa shape index (κ1) is 22.0. The number of carbonyl (C=O) groups excluding carboxylic acids is 1. The minimum absolute atomic E-state index is 0.215. The first-order valence-electron chi connectivity index (χ1n) is 10.0. The molecule has 0 saturated heterocycles. The number of hydrogen-bond donors (Lipinski definition) is 0. The predicted molar refractivity (Wildman–Crippen MR) is 125 cm³/mol. The molecule has 0 radical (unpaired) electrons. The number of halogens is 1. The summed E-state index contributed by atoms with van der Waals surface area (Å²) in [4.78, 5) is 31.4. The summed E-state index contributed by atoms with van der Waals surface area (Å²) in [6.07, 6.45) is 1.80. The third-order valence-electron chi connectivity index (χ3n) is 5.13. The molecule has 1 atom stereocenters. The van der Waals surface area contributed by atoms with E-state index in [-0.39, 0.29) is 12.2 Å². The molecule has 1 aliphatic heterocycles. The SMILES string of the molecule is CCOC(=O)C1=C(C)N=c2s/c(=C/c3ccc(OC)cc3)c(=O)n2C1c1ccccc1Cl. The number of allylic oxidation sites excluding steroid dienone is 1. The van der Waals surface area contributed by atoms with Crippen LogP contribution >= 0.6 is 22.9 Å². The number of methoxy groups -OCH3 is 1. The van der Waals surface area contributed by atoms with Gasteiger partial charge in [0.15, 0.2) is 4.80 Å². The van der Waals surface area contributed by atoms with Gasteiger partial charge in [-0.15, -0.1) is 0 Å². The highest BCUT2D eigenvalue weighted by molar-refractivity contribution is 7.07. The molecule has 164 valence electrons. The van der Waals surface area contributed by atoms with Gasteiger partial charge >= 0.3 is 5.97 Å². The smallest absolute Gasteiger partial charge is 0.338 e. The van der Waals surface area contributed by atoms with Crippen LogP contribution in [0.5, 0.6) is 5.75 Å². The Morgan fingerprint density at radius 1 is 1.22 bits per heavy atom. The van der Waals surface area contributed by atoms with Crippen LogP contribution in [0.4, 0.5) is 0 Å². The summed E-state index contributed by atoms with van der Waals surface area (Å²) in [5, 5.41) is 0.457. The van der Waals surface area contributed by atoms with Crippen LogP contribution in [0.15, 0.2) is 69.6 Å². The number of esters is 1. The Labute approximate surface area is 193 Å². The van der Waals surface area contributed by atoms with E-state index in [0.717, 1.165) is 11.3 Å². The van der Waals surface area contributed by atoms with Crippen LogP contribution in [0.1, 0.15) is 31.0 Å². The van der Waals surface area contributed by atoms with Gasteiger partial charge in [0.2, 0.25) is 0 Å². The van der Waals surface area contributed by atoms with E-state index >= 15 is 0 Å². The molecule has 2 aromatic carbocycles. The van der Waals surface area contributed by atoms with Gasteiger partial charge in [0.1, 0.15) is 11.8 Å². The van der Waals surface area contributed by atoms with Gasteiger partial charge in [-0.3, -0.25) is 9.36 Å². The minimum Gasteiger partial charge on any atom is -0.497 e. The standard InChI is InChI=1S/C24H21ClN2O4S/c1-4-31-23(29)20-14(2)26-24-27(21(20)17-7-5-6-8-18(17)25)22(28)19(32-24)13-15-9-11-16(30-3)12-10-15/h5-13,21H,4H2,1-3H3/b19-13+. The van der Waals surface area contributed by atoms with Crippen molar-refractivity contribution in [3.63, 3.8) is 0 Å². The molecule has 6 nitrogen and oxygen atoms in total. The van der Waals surface area contributed by atoms with E-state index in [9.17, 15) is 9.59 Å². The fourth-order valence-corrected chi connectivity index (χ4v) is 4.92. The van der Waals surface area contributed by atoms with Crippen LogP contribution in [0, 0.1) is 0 Å². The third-order valence-corrected chi connectivity index (χ3v) is 6.46. The second kappa shape index (κ2) is 9.14. The number of rotatable bonds is 5. The summed E-state index contributed by atoms with van der Waals surface area (Å²) >= 11 is 7.77. The monoisotopic (exact) mass is 468 g/mol. The lowest BCUT2D eigenvalue weighted by molar-refractivity contribution is -0.139. The van der Waals surface area contributed by atoms with Gasteiger partial charge in [-0.2, -0.15) is 0 Å². The van der Waals surface area contributed by atoms with E-state index in [1.54, 1.807) is 39.2 Å². The summed E-state index contributed by atoms with van der Waals surface area (Å²) in [6, 6.07) is 13.9. The van der Waals surface area contributed by atoms with Crippen LogP contribution in [0.3, 0.4) is 0 Å². The van der Waals surface area contributed by atoms with E-state index < -0.39 is 12.0 Å². The van der Waals surface area contributed by atoms with Gasteiger partial charge in [0, 0.05) is 5.02 Å². The quantitative estimate of drug-likeness (QED) is 0.538. The number of aromatic nitrogens is 1. The zero-order chi connectivity index (χ0) is 22.8. The van der Waals surface area contributed by atoms with E-state index in [1.165, 1.54) is 15.9 Å². The highest BCUT2D eigenvalue weighted by Gasteiger charge is 2.34. The molecule has 0 bridgehead atoms. The summed E-state index contributed by atoms with van der Waals surface area (Å²) < 4.78 is 12.5. The molecular weight excluding hydrogens is 448 g/mol. The molecule has 4 rings (SSSR count). The number of fused-ring (bicyclic) bond motifs is 1. The summed E-state index contributed by atoms with van der Waals surface area (Å²) in [7, 11) is 1.60. The Bertz CT molecular complexity index is 1390. The average Bonchev–Trinajstić information content (AvgIpc) is 3.08. The maximum atomic E-state index is 13.5. The number of nitrogens with zero attached hydrogens (tertiary/aromatic N) is 2. The summed E-state index contributed by atoms with van der Waals surface area (Å²) in [6.45, 7) is 3.70. The minimum atomic E-state index is -0.725. The Balaban J connectivity index is 1.94. The van der Waals surface area contributed by atoms with Crippen molar-refractivity contribution in [2.45, 2.75) is 19.9 Å². The number of benzene rings is 2. The van der Waals surface area contributed by atoms with Gasteiger partial charge in [-0.05, 0) is 49.2 Å². The molecule has 2 heterocycles. The van der Waals surface area contributed by atoms with E-state index in [4.69, 9.17) is 21.1 Å². The van der Waals surface area contributed by atoms with E-state index in [1.807, 2.05) is 36.4 Å². The van der Waals surface area contributed by atoms with Crippen molar-refractivity contribution < 1.29 is 14.3 Å². The van der Waals surface area contributed by atoms with Crippen molar-refractivity contribution in [2.24, 2.45) is 4.99 Å². The molecule has 0 saturated carbocycles. The molecule has 0 spiro atoms.